The molecule has 1 atom stereocenters. The standard InChI is InChI=1S/C20H23NO5S/c1-4-14-11-12-15(13-17(14)27(3,25)26)18(22)21-20(5-2,19(23)24)16-9-7-6-8-10-16/h6-13H,4-5H2,1-3H3,(H,21,22)(H,23,24). The van der Waals surface area contributed by atoms with Crippen molar-refractivity contribution >= 4 is 21.7 Å². The number of sulfone groups is 1. The van der Waals surface area contributed by atoms with E-state index in [0.717, 1.165) is 6.26 Å². The van der Waals surface area contributed by atoms with Crippen molar-refractivity contribution in [3.05, 3.63) is 65.2 Å². The summed E-state index contributed by atoms with van der Waals surface area (Å²) in [6.07, 6.45) is 1.72. The molecular formula is C20H23NO5S. The van der Waals surface area contributed by atoms with Crippen molar-refractivity contribution < 1.29 is 23.1 Å². The highest BCUT2D eigenvalue weighted by molar-refractivity contribution is 7.90. The van der Waals surface area contributed by atoms with E-state index in [2.05, 4.69) is 5.32 Å². The lowest BCUT2D eigenvalue weighted by atomic mass is 9.87. The van der Waals surface area contributed by atoms with Crippen molar-refractivity contribution in [2.45, 2.75) is 37.1 Å². The van der Waals surface area contributed by atoms with Gasteiger partial charge >= 0.3 is 5.97 Å². The van der Waals surface area contributed by atoms with Crippen molar-refractivity contribution in [1.29, 1.82) is 0 Å². The van der Waals surface area contributed by atoms with Crippen LogP contribution in [0.25, 0.3) is 0 Å². The normalized spacial score (nSPS) is 13.6. The fourth-order valence-corrected chi connectivity index (χ4v) is 4.04. The minimum atomic E-state index is -3.52. The molecule has 2 aromatic rings. The van der Waals surface area contributed by atoms with Gasteiger partial charge in [0.05, 0.1) is 4.90 Å². The van der Waals surface area contributed by atoms with E-state index in [1.54, 1.807) is 43.3 Å². The van der Waals surface area contributed by atoms with Crippen LogP contribution in [0.5, 0.6) is 0 Å². The first kappa shape index (κ1) is 20.6. The van der Waals surface area contributed by atoms with Crippen LogP contribution in [-0.2, 0) is 26.6 Å². The minimum absolute atomic E-state index is 0.0785. The molecule has 0 saturated heterocycles. The van der Waals surface area contributed by atoms with Crippen molar-refractivity contribution in [3.63, 3.8) is 0 Å². The molecule has 0 radical (unpaired) electrons. The molecule has 0 aromatic heterocycles. The lowest BCUT2D eigenvalue weighted by Gasteiger charge is -2.30. The highest BCUT2D eigenvalue weighted by Crippen LogP contribution is 2.27. The number of nitrogens with one attached hydrogen (secondary N) is 1. The average Bonchev–Trinajstić information content (AvgIpc) is 2.65. The van der Waals surface area contributed by atoms with E-state index in [1.807, 2.05) is 6.92 Å². The number of rotatable bonds is 7. The van der Waals surface area contributed by atoms with Crippen LogP contribution in [-0.4, -0.2) is 31.7 Å². The Bertz CT molecular complexity index is 954. The van der Waals surface area contributed by atoms with Crippen LogP contribution in [0.2, 0.25) is 0 Å². The lowest BCUT2D eigenvalue weighted by Crippen LogP contribution is -2.51. The molecule has 144 valence electrons. The first-order valence-electron chi connectivity index (χ1n) is 8.60. The Morgan fingerprint density at radius 3 is 2.19 bits per heavy atom. The van der Waals surface area contributed by atoms with Crippen molar-refractivity contribution in [3.8, 4) is 0 Å². The number of benzene rings is 2. The predicted octanol–water partition coefficient (Wildman–Crippen LogP) is 2.77. The molecule has 0 fully saturated rings. The smallest absolute Gasteiger partial charge is 0.334 e. The average molecular weight is 389 g/mol. The summed E-state index contributed by atoms with van der Waals surface area (Å²) in [6, 6.07) is 12.8. The van der Waals surface area contributed by atoms with E-state index >= 15 is 0 Å². The molecule has 2 N–H and O–H groups in total. The first-order valence-corrected chi connectivity index (χ1v) is 10.5. The van der Waals surface area contributed by atoms with Crippen LogP contribution in [0.4, 0.5) is 0 Å². The number of hydrogen-bond donors (Lipinski definition) is 2. The van der Waals surface area contributed by atoms with E-state index in [-0.39, 0.29) is 16.9 Å². The number of aliphatic carboxylic acids is 1. The summed E-state index contributed by atoms with van der Waals surface area (Å²) in [4.78, 5) is 24.9. The SMILES string of the molecule is CCc1ccc(C(=O)NC(CC)(C(=O)O)c2ccccc2)cc1S(C)(=O)=O. The van der Waals surface area contributed by atoms with Gasteiger partial charge in [-0.05, 0) is 36.1 Å². The maximum absolute atomic E-state index is 12.8. The zero-order chi connectivity index (χ0) is 20.2. The van der Waals surface area contributed by atoms with Gasteiger partial charge < -0.3 is 10.4 Å². The molecule has 0 aliphatic rings. The zero-order valence-electron chi connectivity index (χ0n) is 15.5. The maximum atomic E-state index is 12.8. The Morgan fingerprint density at radius 2 is 1.70 bits per heavy atom. The molecule has 7 heteroatoms. The summed E-state index contributed by atoms with van der Waals surface area (Å²) in [6.45, 7) is 3.50. The number of carboxylic acids is 1. The molecular weight excluding hydrogens is 366 g/mol. The summed E-state index contributed by atoms with van der Waals surface area (Å²) >= 11 is 0. The van der Waals surface area contributed by atoms with Crippen LogP contribution < -0.4 is 5.32 Å². The molecule has 1 unspecified atom stereocenters. The molecule has 2 aromatic carbocycles. The van der Waals surface area contributed by atoms with Gasteiger partial charge in [0.2, 0.25) is 0 Å². The Kier molecular flexibility index (Phi) is 6.05. The highest BCUT2D eigenvalue weighted by atomic mass is 32.2. The third-order valence-electron chi connectivity index (χ3n) is 4.60. The van der Waals surface area contributed by atoms with Crippen LogP contribution in [0, 0.1) is 0 Å². The summed E-state index contributed by atoms with van der Waals surface area (Å²) in [5.74, 6) is -1.83. The van der Waals surface area contributed by atoms with Gasteiger partial charge in [-0.25, -0.2) is 13.2 Å². The van der Waals surface area contributed by atoms with Crippen LogP contribution in [0.3, 0.4) is 0 Å². The quantitative estimate of drug-likeness (QED) is 0.758. The van der Waals surface area contributed by atoms with Crippen LogP contribution in [0.15, 0.2) is 53.4 Å². The van der Waals surface area contributed by atoms with Crippen molar-refractivity contribution in [2.24, 2.45) is 0 Å². The predicted molar refractivity (Wildman–Crippen MR) is 102 cm³/mol. The summed E-state index contributed by atoms with van der Waals surface area (Å²) in [7, 11) is -3.52. The molecule has 1 amide bonds. The van der Waals surface area contributed by atoms with Gasteiger partial charge in [-0.3, -0.25) is 4.79 Å². The molecule has 0 bridgehead atoms. The Balaban J connectivity index is 2.49. The van der Waals surface area contributed by atoms with Crippen molar-refractivity contribution in [1.82, 2.24) is 5.32 Å². The monoisotopic (exact) mass is 389 g/mol. The number of carbonyl (C=O) groups is 2. The molecule has 27 heavy (non-hydrogen) atoms. The number of amides is 1. The lowest BCUT2D eigenvalue weighted by molar-refractivity contribution is -0.145. The summed E-state index contributed by atoms with van der Waals surface area (Å²) in [5, 5.41) is 12.4. The van der Waals surface area contributed by atoms with E-state index in [4.69, 9.17) is 0 Å². The maximum Gasteiger partial charge on any atom is 0.334 e. The third kappa shape index (κ3) is 4.19. The summed E-state index contributed by atoms with van der Waals surface area (Å²) < 4.78 is 24.1. The zero-order valence-corrected chi connectivity index (χ0v) is 16.3. The van der Waals surface area contributed by atoms with E-state index in [1.165, 1.54) is 12.1 Å². The van der Waals surface area contributed by atoms with Gasteiger partial charge in [-0.1, -0.05) is 50.2 Å². The second kappa shape index (κ2) is 7.92. The Labute approximate surface area is 159 Å². The van der Waals surface area contributed by atoms with E-state index < -0.39 is 27.3 Å². The van der Waals surface area contributed by atoms with Crippen LogP contribution >= 0.6 is 0 Å². The molecule has 0 aliphatic carbocycles. The Morgan fingerprint density at radius 1 is 1.07 bits per heavy atom. The molecule has 0 saturated carbocycles. The van der Waals surface area contributed by atoms with E-state index in [0.29, 0.717) is 17.5 Å². The number of carboxylic acid groups (broad SMARTS) is 1. The molecule has 2 rings (SSSR count). The van der Waals surface area contributed by atoms with Gasteiger partial charge in [-0.15, -0.1) is 0 Å². The number of aryl methyl sites for hydroxylation is 1. The third-order valence-corrected chi connectivity index (χ3v) is 5.78. The second-order valence-corrected chi connectivity index (χ2v) is 8.32. The van der Waals surface area contributed by atoms with Crippen molar-refractivity contribution in [2.75, 3.05) is 6.26 Å². The van der Waals surface area contributed by atoms with E-state index in [9.17, 15) is 23.1 Å². The fraction of sp³-hybridized carbons (Fsp3) is 0.300. The minimum Gasteiger partial charge on any atom is -0.479 e. The molecule has 0 heterocycles. The van der Waals surface area contributed by atoms with Gasteiger partial charge in [0, 0.05) is 11.8 Å². The largest absolute Gasteiger partial charge is 0.479 e. The van der Waals surface area contributed by atoms with Gasteiger partial charge in [0.1, 0.15) is 0 Å². The molecule has 6 nitrogen and oxygen atoms in total. The van der Waals surface area contributed by atoms with Gasteiger partial charge in [-0.2, -0.15) is 0 Å². The fourth-order valence-electron chi connectivity index (χ4n) is 3.01. The molecule has 0 spiro atoms. The Hall–Kier alpha value is -2.67. The number of hydrogen-bond acceptors (Lipinski definition) is 4. The van der Waals surface area contributed by atoms with Crippen LogP contribution in [0.1, 0.15) is 41.8 Å². The molecule has 0 aliphatic heterocycles. The number of carbonyl (C=O) groups excluding carboxylic acids is 1. The first-order chi connectivity index (χ1) is 12.7. The summed E-state index contributed by atoms with van der Waals surface area (Å²) in [5.41, 5.74) is -0.450. The second-order valence-electron chi connectivity index (χ2n) is 6.33. The van der Waals surface area contributed by atoms with Gasteiger partial charge in [0.15, 0.2) is 15.4 Å². The topological polar surface area (TPSA) is 101 Å². The van der Waals surface area contributed by atoms with Gasteiger partial charge in [0.25, 0.3) is 5.91 Å². The highest BCUT2D eigenvalue weighted by Gasteiger charge is 2.40.